The number of hydrogen-bond acceptors (Lipinski definition) is 3. The number of hydrogen-bond donors (Lipinski definition) is 2. The molecule has 7 heteroatoms. The summed E-state index contributed by atoms with van der Waals surface area (Å²) < 4.78 is 28.5. The third-order valence-corrected chi connectivity index (χ3v) is 4.94. The lowest BCUT2D eigenvalue weighted by molar-refractivity contribution is 0.332. The van der Waals surface area contributed by atoms with E-state index in [1.807, 2.05) is 0 Å². The summed E-state index contributed by atoms with van der Waals surface area (Å²) in [6, 6.07) is 0.0701. The standard InChI is InChI=1S/C10H21N3O2S.ClH/c14-16(15,13-7-2-1-3-8-13)12-10-5-4-6-11-9-10;/h10-12H,1-9H2;1H/t10-;/m0./s1. The van der Waals surface area contributed by atoms with Gasteiger partial charge in [-0.3, -0.25) is 0 Å². The first-order valence-corrected chi connectivity index (χ1v) is 7.60. The molecule has 102 valence electrons. The molecular weight excluding hydrogens is 262 g/mol. The van der Waals surface area contributed by atoms with E-state index in [-0.39, 0.29) is 18.4 Å². The predicted molar refractivity (Wildman–Crippen MR) is 70.6 cm³/mol. The molecule has 2 heterocycles. The number of nitrogens with one attached hydrogen (secondary N) is 2. The number of nitrogens with zero attached hydrogens (tertiary/aromatic N) is 1. The van der Waals surface area contributed by atoms with Crippen molar-refractivity contribution in [2.24, 2.45) is 0 Å². The number of halogens is 1. The van der Waals surface area contributed by atoms with Gasteiger partial charge in [-0.25, -0.2) is 0 Å². The van der Waals surface area contributed by atoms with Gasteiger partial charge in [0.1, 0.15) is 0 Å². The average molecular weight is 284 g/mol. The van der Waals surface area contributed by atoms with E-state index in [1.165, 1.54) is 0 Å². The average Bonchev–Trinajstić information content (AvgIpc) is 2.31. The van der Waals surface area contributed by atoms with Crippen molar-refractivity contribution in [2.45, 2.75) is 38.1 Å². The van der Waals surface area contributed by atoms with Crippen molar-refractivity contribution in [1.29, 1.82) is 0 Å². The van der Waals surface area contributed by atoms with Crippen molar-refractivity contribution in [3.05, 3.63) is 0 Å². The third kappa shape index (κ3) is 4.37. The van der Waals surface area contributed by atoms with Crippen LogP contribution in [0.3, 0.4) is 0 Å². The quantitative estimate of drug-likeness (QED) is 0.792. The van der Waals surface area contributed by atoms with Crippen LogP contribution in [0, 0.1) is 0 Å². The van der Waals surface area contributed by atoms with Gasteiger partial charge in [0, 0.05) is 25.7 Å². The normalized spacial score (nSPS) is 27.4. The fourth-order valence-corrected chi connectivity index (χ4v) is 3.85. The molecule has 0 amide bonds. The highest BCUT2D eigenvalue weighted by Gasteiger charge is 2.27. The summed E-state index contributed by atoms with van der Waals surface area (Å²) in [6.45, 7) is 3.11. The zero-order valence-corrected chi connectivity index (χ0v) is 11.7. The van der Waals surface area contributed by atoms with Crippen LogP contribution in [-0.4, -0.2) is 44.9 Å². The van der Waals surface area contributed by atoms with E-state index < -0.39 is 10.2 Å². The molecule has 1 atom stereocenters. The van der Waals surface area contributed by atoms with Crippen LogP contribution in [0.5, 0.6) is 0 Å². The van der Waals surface area contributed by atoms with E-state index in [0.29, 0.717) is 13.1 Å². The molecule has 2 N–H and O–H groups in total. The fourth-order valence-electron chi connectivity index (χ4n) is 2.34. The predicted octanol–water partition coefficient (Wildman–Crippen LogP) is 0.480. The smallest absolute Gasteiger partial charge is 0.279 e. The van der Waals surface area contributed by atoms with Crippen LogP contribution < -0.4 is 10.0 Å². The summed E-state index contributed by atoms with van der Waals surface area (Å²) in [5.41, 5.74) is 0. The largest absolute Gasteiger partial charge is 0.315 e. The van der Waals surface area contributed by atoms with Crippen LogP contribution >= 0.6 is 12.4 Å². The molecule has 0 aromatic heterocycles. The Labute approximate surface area is 110 Å². The molecule has 2 fully saturated rings. The van der Waals surface area contributed by atoms with Crippen LogP contribution in [0.25, 0.3) is 0 Å². The fraction of sp³-hybridized carbons (Fsp3) is 1.00. The minimum absolute atomic E-state index is 0. The Morgan fingerprint density at radius 2 is 1.82 bits per heavy atom. The lowest BCUT2D eigenvalue weighted by atomic mass is 10.1. The SMILES string of the molecule is Cl.O=S(=O)(N[C@H]1CCCNC1)N1CCCCC1. The molecule has 2 aliphatic rings. The second kappa shape index (κ2) is 6.89. The van der Waals surface area contributed by atoms with E-state index in [9.17, 15) is 8.42 Å². The lowest BCUT2D eigenvalue weighted by Crippen LogP contribution is -2.51. The van der Waals surface area contributed by atoms with Crippen molar-refractivity contribution < 1.29 is 8.42 Å². The van der Waals surface area contributed by atoms with Crippen LogP contribution in [-0.2, 0) is 10.2 Å². The molecule has 0 bridgehead atoms. The molecule has 0 aromatic rings. The minimum Gasteiger partial charge on any atom is -0.315 e. The number of piperidine rings is 2. The Morgan fingerprint density at radius 1 is 1.12 bits per heavy atom. The van der Waals surface area contributed by atoms with Gasteiger partial charge in [0.15, 0.2) is 0 Å². The summed E-state index contributed by atoms with van der Waals surface area (Å²) in [6.07, 6.45) is 5.12. The Bertz CT molecular complexity index is 312. The first-order chi connectivity index (χ1) is 7.68. The van der Waals surface area contributed by atoms with Gasteiger partial charge in [0.05, 0.1) is 0 Å². The highest BCUT2D eigenvalue weighted by molar-refractivity contribution is 7.87. The summed E-state index contributed by atoms with van der Waals surface area (Å²) in [5, 5.41) is 3.21. The summed E-state index contributed by atoms with van der Waals surface area (Å²) in [4.78, 5) is 0. The van der Waals surface area contributed by atoms with Crippen molar-refractivity contribution in [3.63, 3.8) is 0 Å². The van der Waals surface area contributed by atoms with Crippen LogP contribution in [0.1, 0.15) is 32.1 Å². The second-order valence-electron chi connectivity index (χ2n) is 4.63. The van der Waals surface area contributed by atoms with E-state index in [4.69, 9.17) is 0 Å². The van der Waals surface area contributed by atoms with Crippen molar-refractivity contribution in [2.75, 3.05) is 26.2 Å². The maximum atomic E-state index is 12.0. The van der Waals surface area contributed by atoms with Gasteiger partial charge < -0.3 is 5.32 Å². The maximum Gasteiger partial charge on any atom is 0.279 e. The molecule has 0 saturated carbocycles. The molecule has 0 spiro atoms. The molecule has 0 unspecified atom stereocenters. The lowest BCUT2D eigenvalue weighted by Gasteiger charge is -2.30. The summed E-state index contributed by atoms with van der Waals surface area (Å²) in [7, 11) is -3.24. The first-order valence-electron chi connectivity index (χ1n) is 6.16. The topological polar surface area (TPSA) is 61.4 Å². The van der Waals surface area contributed by atoms with Crippen LogP contribution in [0.2, 0.25) is 0 Å². The molecule has 5 nitrogen and oxygen atoms in total. The van der Waals surface area contributed by atoms with Gasteiger partial charge in [-0.05, 0) is 32.2 Å². The highest BCUT2D eigenvalue weighted by atomic mass is 35.5. The zero-order chi connectivity index (χ0) is 11.4. The monoisotopic (exact) mass is 283 g/mol. The van der Waals surface area contributed by atoms with Gasteiger partial charge in [0.25, 0.3) is 10.2 Å². The van der Waals surface area contributed by atoms with Crippen molar-refractivity contribution >= 4 is 22.6 Å². The van der Waals surface area contributed by atoms with E-state index in [2.05, 4.69) is 10.0 Å². The summed E-state index contributed by atoms with van der Waals surface area (Å²) in [5.74, 6) is 0. The Kier molecular flexibility index (Phi) is 6.16. The van der Waals surface area contributed by atoms with E-state index in [1.54, 1.807) is 4.31 Å². The molecule has 0 aliphatic carbocycles. The Morgan fingerprint density at radius 3 is 2.41 bits per heavy atom. The van der Waals surface area contributed by atoms with Gasteiger partial charge >= 0.3 is 0 Å². The van der Waals surface area contributed by atoms with Gasteiger partial charge in [-0.1, -0.05) is 6.42 Å². The van der Waals surface area contributed by atoms with Crippen LogP contribution in [0.4, 0.5) is 0 Å². The number of rotatable bonds is 3. The molecule has 17 heavy (non-hydrogen) atoms. The van der Waals surface area contributed by atoms with E-state index >= 15 is 0 Å². The van der Waals surface area contributed by atoms with Gasteiger partial charge in [-0.15, -0.1) is 12.4 Å². The molecule has 2 saturated heterocycles. The Balaban J connectivity index is 0.00000144. The second-order valence-corrected chi connectivity index (χ2v) is 6.33. The molecule has 0 radical (unpaired) electrons. The molecular formula is C10H22ClN3O2S. The zero-order valence-electron chi connectivity index (χ0n) is 10.0. The van der Waals surface area contributed by atoms with Gasteiger partial charge in [0.2, 0.25) is 0 Å². The third-order valence-electron chi connectivity index (χ3n) is 3.27. The molecule has 0 aromatic carbocycles. The minimum atomic E-state index is -3.24. The van der Waals surface area contributed by atoms with E-state index in [0.717, 1.165) is 45.2 Å². The van der Waals surface area contributed by atoms with Crippen molar-refractivity contribution in [3.8, 4) is 0 Å². The Hall–Kier alpha value is 0.120. The molecule has 2 aliphatic heterocycles. The van der Waals surface area contributed by atoms with Crippen molar-refractivity contribution in [1.82, 2.24) is 14.3 Å². The molecule has 2 rings (SSSR count). The highest BCUT2D eigenvalue weighted by Crippen LogP contribution is 2.13. The van der Waals surface area contributed by atoms with Gasteiger partial charge in [-0.2, -0.15) is 17.4 Å². The maximum absolute atomic E-state index is 12.0. The van der Waals surface area contributed by atoms with Crippen LogP contribution in [0.15, 0.2) is 0 Å². The first kappa shape index (κ1) is 15.2. The summed E-state index contributed by atoms with van der Waals surface area (Å²) >= 11 is 0.